The molecule has 108 valence electrons. The Hall–Kier alpha value is -2.24. The molecule has 0 spiro atoms. The van der Waals surface area contributed by atoms with E-state index in [9.17, 15) is 0 Å². The van der Waals surface area contributed by atoms with Crippen LogP contribution >= 0.6 is 0 Å². The summed E-state index contributed by atoms with van der Waals surface area (Å²) in [6.45, 7) is 5.61. The van der Waals surface area contributed by atoms with Crippen molar-refractivity contribution in [3.8, 4) is 17.6 Å². The second kappa shape index (κ2) is 8.14. The summed E-state index contributed by atoms with van der Waals surface area (Å²) in [5.74, 6) is 6.98. The van der Waals surface area contributed by atoms with Crippen LogP contribution in [0, 0.1) is 11.8 Å². The van der Waals surface area contributed by atoms with Gasteiger partial charge < -0.3 is 10.1 Å². The number of hydrogen-bond acceptors (Lipinski definition) is 2. The normalized spacial score (nSPS) is 11.3. The molecule has 0 saturated carbocycles. The first-order valence-electron chi connectivity index (χ1n) is 7.29. The molecule has 0 aliphatic heterocycles. The van der Waals surface area contributed by atoms with Crippen molar-refractivity contribution in [2.24, 2.45) is 0 Å². The molecule has 0 aromatic heterocycles. The summed E-state index contributed by atoms with van der Waals surface area (Å²) >= 11 is 0. The van der Waals surface area contributed by atoms with Crippen molar-refractivity contribution in [1.29, 1.82) is 0 Å². The molecule has 0 aliphatic carbocycles. The van der Waals surface area contributed by atoms with Gasteiger partial charge in [0.15, 0.2) is 0 Å². The molecule has 1 unspecified atom stereocenters. The van der Waals surface area contributed by atoms with Gasteiger partial charge in [-0.25, -0.2) is 0 Å². The Morgan fingerprint density at radius 3 is 2.67 bits per heavy atom. The summed E-state index contributed by atoms with van der Waals surface area (Å²) < 4.78 is 5.70. The van der Waals surface area contributed by atoms with Crippen LogP contribution in [0.2, 0.25) is 0 Å². The van der Waals surface area contributed by atoms with E-state index in [1.807, 2.05) is 42.5 Å². The van der Waals surface area contributed by atoms with E-state index in [-0.39, 0.29) is 0 Å². The molecule has 0 saturated heterocycles. The second-order valence-electron chi connectivity index (χ2n) is 4.81. The lowest BCUT2D eigenvalue weighted by Gasteiger charge is -2.13. The van der Waals surface area contributed by atoms with Crippen LogP contribution in [0.25, 0.3) is 0 Å². The largest absolute Gasteiger partial charge is 0.481 e. The third-order valence-corrected chi connectivity index (χ3v) is 3.19. The van der Waals surface area contributed by atoms with Crippen LogP contribution in [0.5, 0.6) is 5.75 Å². The lowest BCUT2D eigenvalue weighted by molar-refractivity contribution is 0.369. The molecule has 2 aromatic rings. The quantitative estimate of drug-likeness (QED) is 0.841. The van der Waals surface area contributed by atoms with E-state index in [1.165, 1.54) is 5.56 Å². The van der Waals surface area contributed by atoms with Gasteiger partial charge in [-0.1, -0.05) is 49.1 Å². The maximum atomic E-state index is 5.70. The second-order valence-corrected chi connectivity index (χ2v) is 4.81. The summed E-state index contributed by atoms with van der Waals surface area (Å²) in [6.07, 6.45) is 0. The van der Waals surface area contributed by atoms with Crippen molar-refractivity contribution >= 4 is 0 Å². The molecule has 0 fully saturated rings. The molecule has 2 aromatic carbocycles. The zero-order valence-corrected chi connectivity index (χ0v) is 12.6. The van der Waals surface area contributed by atoms with Crippen LogP contribution in [0.15, 0.2) is 54.6 Å². The highest BCUT2D eigenvalue weighted by molar-refractivity contribution is 5.34. The van der Waals surface area contributed by atoms with Crippen molar-refractivity contribution in [3.05, 3.63) is 65.7 Å². The smallest absolute Gasteiger partial charge is 0.149 e. The van der Waals surface area contributed by atoms with Gasteiger partial charge in [-0.2, -0.15) is 0 Å². The van der Waals surface area contributed by atoms with Gasteiger partial charge in [0.1, 0.15) is 12.4 Å². The third-order valence-electron chi connectivity index (χ3n) is 3.19. The van der Waals surface area contributed by atoms with Crippen LogP contribution < -0.4 is 10.1 Å². The Morgan fingerprint density at radius 1 is 1.10 bits per heavy atom. The highest BCUT2D eigenvalue weighted by Gasteiger charge is 2.04. The van der Waals surface area contributed by atoms with Crippen LogP contribution in [-0.2, 0) is 0 Å². The molecule has 0 heterocycles. The highest BCUT2D eigenvalue weighted by atomic mass is 16.5. The van der Waals surface area contributed by atoms with E-state index in [2.05, 4.69) is 43.1 Å². The number of hydrogen-bond donors (Lipinski definition) is 1. The predicted octanol–water partition coefficient (Wildman–Crippen LogP) is 3.79. The molecule has 2 heteroatoms. The minimum Gasteiger partial charge on any atom is -0.481 e. The molecule has 0 bridgehead atoms. The van der Waals surface area contributed by atoms with Crippen molar-refractivity contribution in [2.75, 3.05) is 13.2 Å². The van der Waals surface area contributed by atoms with E-state index >= 15 is 0 Å². The summed E-state index contributed by atoms with van der Waals surface area (Å²) in [5, 5.41) is 3.39. The average molecular weight is 279 g/mol. The molecular formula is C19H21NO. The van der Waals surface area contributed by atoms with E-state index in [4.69, 9.17) is 4.74 Å². The molecule has 1 atom stereocenters. The lowest BCUT2D eigenvalue weighted by atomic mass is 10.1. The third kappa shape index (κ3) is 4.98. The predicted molar refractivity (Wildman–Crippen MR) is 87.3 cm³/mol. The number of nitrogens with one attached hydrogen (secondary N) is 1. The average Bonchev–Trinajstić information content (AvgIpc) is 2.53. The molecule has 1 N–H and O–H groups in total. The molecule has 0 aliphatic rings. The summed E-state index contributed by atoms with van der Waals surface area (Å²) in [5.41, 5.74) is 2.24. The molecule has 2 nitrogen and oxygen atoms in total. The van der Waals surface area contributed by atoms with Crippen molar-refractivity contribution < 1.29 is 4.74 Å². The first-order chi connectivity index (χ1) is 10.3. The summed E-state index contributed by atoms with van der Waals surface area (Å²) in [4.78, 5) is 0. The molecular weight excluding hydrogens is 258 g/mol. The minimum atomic E-state index is 0.328. The topological polar surface area (TPSA) is 21.3 Å². The van der Waals surface area contributed by atoms with Gasteiger partial charge in [0.2, 0.25) is 0 Å². The Balaban J connectivity index is 1.92. The van der Waals surface area contributed by atoms with Gasteiger partial charge in [0.25, 0.3) is 0 Å². The summed E-state index contributed by atoms with van der Waals surface area (Å²) in [7, 11) is 0. The zero-order chi connectivity index (χ0) is 14.9. The van der Waals surface area contributed by atoms with Crippen molar-refractivity contribution in [1.82, 2.24) is 5.32 Å². The number of ether oxygens (including phenoxy) is 1. The number of rotatable bonds is 5. The highest BCUT2D eigenvalue weighted by Crippen LogP contribution is 2.18. The van der Waals surface area contributed by atoms with Crippen LogP contribution in [0.3, 0.4) is 0 Å². The fourth-order valence-electron chi connectivity index (χ4n) is 2.08. The SMILES string of the molecule is CCNC(C)c1cccc(OCC#Cc2ccccc2)c1. The van der Waals surface area contributed by atoms with Gasteiger partial charge >= 0.3 is 0 Å². The van der Waals surface area contributed by atoms with E-state index in [0.717, 1.165) is 17.9 Å². The monoisotopic (exact) mass is 279 g/mol. The Kier molecular flexibility index (Phi) is 5.87. The molecule has 0 amide bonds. The van der Waals surface area contributed by atoms with Gasteiger partial charge in [-0.05, 0) is 43.3 Å². The van der Waals surface area contributed by atoms with Gasteiger partial charge in [-0.3, -0.25) is 0 Å². The Morgan fingerprint density at radius 2 is 1.90 bits per heavy atom. The minimum absolute atomic E-state index is 0.328. The van der Waals surface area contributed by atoms with Crippen molar-refractivity contribution in [3.63, 3.8) is 0 Å². The van der Waals surface area contributed by atoms with Gasteiger partial charge in [0.05, 0.1) is 0 Å². The standard InChI is InChI=1S/C19H21NO/c1-3-20-16(2)18-12-7-13-19(15-18)21-14-8-11-17-9-5-4-6-10-17/h4-7,9-10,12-13,15-16,20H,3,14H2,1-2H3. The van der Waals surface area contributed by atoms with E-state index in [1.54, 1.807) is 0 Å². The molecule has 0 radical (unpaired) electrons. The van der Waals surface area contributed by atoms with Gasteiger partial charge in [0, 0.05) is 11.6 Å². The fraction of sp³-hybridized carbons (Fsp3) is 0.263. The van der Waals surface area contributed by atoms with Crippen LogP contribution in [0.4, 0.5) is 0 Å². The van der Waals surface area contributed by atoms with Crippen molar-refractivity contribution in [2.45, 2.75) is 19.9 Å². The first kappa shape index (κ1) is 15.2. The van der Waals surface area contributed by atoms with E-state index < -0.39 is 0 Å². The fourth-order valence-corrected chi connectivity index (χ4v) is 2.08. The Bertz CT molecular complexity index is 610. The zero-order valence-electron chi connectivity index (χ0n) is 12.6. The van der Waals surface area contributed by atoms with E-state index in [0.29, 0.717) is 12.6 Å². The van der Waals surface area contributed by atoms with Crippen LogP contribution in [-0.4, -0.2) is 13.2 Å². The maximum absolute atomic E-state index is 5.70. The number of benzene rings is 2. The first-order valence-corrected chi connectivity index (χ1v) is 7.29. The molecule has 21 heavy (non-hydrogen) atoms. The Labute approximate surface area is 127 Å². The summed E-state index contributed by atoms with van der Waals surface area (Å²) in [6, 6.07) is 18.4. The lowest BCUT2D eigenvalue weighted by Crippen LogP contribution is -2.17. The van der Waals surface area contributed by atoms with Gasteiger partial charge in [-0.15, -0.1) is 0 Å². The molecule has 2 rings (SSSR count). The van der Waals surface area contributed by atoms with Crippen LogP contribution in [0.1, 0.15) is 31.0 Å². The maximum Gasteiger partial charge on any atom is 0.149 e.